The minimum absolute atomic E-state index is 0.0370. The Hall–Kier alpha value is -6.78. The average Bonchev–Trinajstić information content (AvgIpc) is 3.95. The molecule has 0 radical (unpaired) electrons. The lowest BCUT2D eigenvalue weighted by Crippen LogP contribution is -2.60. The lowest BCUT2D eigenvalue weighted by Gasteiger charge is -2.43. The molecule has 2 aliphatic heterocycles. The number of furan rings is 1. The van der Waals surface area contributed by atoms with Crippen LogP contribution >= 0.6 is 0 Å². The second-order valence-electron chi connectivity index (χ2n) is 20.5. The van der Waals surface area contributed by atoms with E-state index in [1.807, 2.05) is 0 Å². The Morgan fingerprint density at radius 2 is 1.15 bits per heavy atom. The molecular formula is C58H45BN2O. The van der Waals surface area contributed by atoms with Crippen molar-refractivity contribution in [2.24, 2.45) is 0 Å². The van der Waals surface area contributed by atoms with Crippen molar-refractivity contribution in [3.05, 3.63) is 173 Å². The van der Waals surface area contributed by atoms with Gasteiger partial charge in [-0.2, -0.15) is 0 Å². The largest absolute Gasteiger partial charge is 0.456 e. The van der Waals surface area contributed by atoms with E-state index in [0.717, 1.165) is 16.6 Å². The van der Waals surface area contributed by atoms with E-state index in [-0.39, 0.29) is 23.1 Å². The summed E-state index contributed by atoms with van der Waals surface area (Å²) in [6, 6.07) is 55.8. The molecule has 0 unspecified atom stereocenters. The number of rotatable bonds is 1. The zero-order valence-corrected chi connectivity index (χ0v) is 36.2. The molecule has 4 heterocycles. The Kier molecular flexibility index (Phi) is 6.29. The Bertz CT molecular complexity index is 3680. The molecule has 8 aromatic carbocycles. The van der Waals surface area contributed by atoms with Gasteiger partial charge in [-0.3, -0.25) is 0 Å². The molecule has 0 fully saturated rings. The molecular weight excluding hydrogens is 751 g/mol. The van der Waals surface area contributed by atoms with Gasteiger partial charge in [0.15, 0.2) is 0 Å². The lowest BCUT2D eigenvalue weighted by molar-refractivity contribution is 0.590. The number of nitrogens with zero attached hydrogens (tertiary/aromatic N) is 2. The van der Waals surface area contributed by atoms with Gasteiger partial charge in [-0.05, 0) is 121 Å². The number of anilines is 2. The Balaban J connectivity index is 1.17. The Morgan fingerprint density at radius 3 is 1.85 bits per heavy atom. The van der Waals surface area contributed by atoms with Crippen molar-refractivity contribution in [3.8, 4) is 39.1 Å². The minimum Gasteiger partial charge on any atom is -0.456 e. The van der Waals surface area contributed by atoms with Gasteiger partial charge in [0.2, 0.25) is 0 Å². The fraction of sp³-hybridized carbons (Fsp3) is 0.172. The average molecular weight is 797 g/mol. The van der Waals surface area contributed by atoms with Crippen molar-refractivity contribution < 1.29 is 4.42 Å². The van der Waals surface area contributed by atoms with Crippen LogP contribution in [0.5, 0.6) is 0 Å². The summed E-state index contributed by atoms with van der Waals surface area (Å²) in [5.41, 5.74) is 25.5. The van der Waals surface area contributed by atoms with Gasteiger partial charge >= 0.3 is 6.85 Å². The van der Waals surface area contributed by atoms with E-state index in [1.54, 1.807) is 0 Å². The van der Waals surface area contributed by atoms with Crippen LogP contribution in [0, 0.1) is 0 Å². The molecule has 0 amide bonds. The van der Waals surface area contributed by atoms with Crippen LogP contribution in [-0.2, 0) is 16.2 Å². The highest BCUT2D eigenvalue weighted by atomic mass is 16.3. The van der Waals surface area contributed by atoms with Crippen molar-refractivity contribution in [3.63, 3.8) is 0 Å². The molecule has 14 rings (SSSR count). The SMILES string of the molecule is CC(C)(C)c1ccc(N2B3c4cc5c(cc4-n4c6ccc7oc8ccccc8c7c6c6ccc(c3c64)-c3cc4c(cc32)-c2ccccc2C4(C)C)-c2ccccc2C5(C)C)cc1. The molecule has 10 aromatic rings. The van der Waals surface area contributed by atoms with E-state index < -0.39 is 0 Å². The predicted molar refractivity (Wildman–Crippen MR) is 261 cm³/mol. The van der Waals surface area contributed by atoms with E-state index in [4.69, 9.17) is 4.42 Å². The standard InChI is InChI=1S/C58H45BN2O/c1-56(2,3)32-20-22-33(23-21-32)61-48-29-39-34-14-8-11-17-42(34)57(4,5)44(39)28-41(48)36-24-25-38-52-47(26-27-51-53(52)37-16-10-13-19-50(37)62-51)60-49-30-40-35-15-9-12-18-43(35)58(6,7)45(40)31-46(49)59(61)54(36)55(38)60/h8-31H,1-7H3. The van der Waals surface area contributed by atoms with E-state index in [2.05, 4.69) is 203 Å². The van der Waals surface area contributed by atoms with Gasteiger partial charge in [0, 0.05) is 55.0 Å². The lowest BCUT2D eigenvalue weighted by atomic mass is 9.43. The third kappa shape index (κ3) is 4.10. The van der Waals surface area contributed by atoms with Gasteiger partial charge in [0.25, 0.3) is 0 Å². The molecule has 296 valence electrons. The van der Waals surface area contributed by atoms with Crippen molar-refractivity contribution >= 4 is 72.9 Å². The summed E-state index contributed by atoms with van der Waals surface area (Å²) in [7, 11) is 0. The predicted octanol–water partition coefficient (Wildman–Crippen LogP) is 13.8. The first kappa shape index (κ1) is 34.9. The smallest absolute Gasteiger partial charge is 0.333 e. The second-order valence-corrected chi connectivity index (χ2v) is 20.5. The summed E-state index contributed by atoms with van der Waals surface area (Å²) in [5.74, 6) is 0. The third-order valence-corrected chi connectivity index (χ3v) is 15.5. The number of hydrogen-bond donors (Lipinski definition) is 0. The molecule has 0 atom stereocenters. The highest BCUT2D eigenvalue weighted by molar-refractivity contribution is 6.93. The van der Waals surface area contributed by atoms with Crippen LogP contribution in [0.15, 0.2) is 150 Å². The highest BCUT2D eigenvalue weighted by Crippen LogP contribution is 2.56. The first-order valence-corrected chi connectivity index (χ1v) is 22.3. The fourth-order valence-electron chi connectivity index (χ4n) is 12.5. The molecule has 3 nitrogen and oxygen atoms in total. The number of benzene rings is 8. The van der Waals surface area contributed by atoms with Crippen molar-refractivity contribution in [2.75, 3.05) is 4.81 Å². The molecule has 2 aliphatic carbocycles. The Morgan fingerprint density at radius 1 is 0.500 bits per heavy atom. The summed E-state index contributed by atoms with van der Waals surface area (Å²) in [5, 5.41) is 4.88. The van der Waals surface area contributed by atoms with Gasteiger partial charge in [-0.25, -0.2) is 0 Å². The number of fused-ring (bicyclic) bond motifs is 18. The monoisotopic (exact) mass is 796 g/mol. The maximum atomic E-state index is 6.59. The summed E-state index contributed by atoms with van der Waals surface area (Å²) in [6.07, 6.45) is 0. The van der Waals surface area contributed by atoms with Crippen LogP contribution in [-0.4, -0.2) is 11.4 Å². The van der Waals surface area contributed by atoms with E-state index in [0.29, 0.717) is 0 Å². The summed E-state index contributed by atoms with van der Waals surface area (Å²) in [4.78, 5) is 2.71. The third-order valence-electron chi connectivity index (χ3n) is 15.5. The van der Waals surface area contributed by atoms with E-state index in [9.17, 15) is 0 Å². The highest BCUT2D eigenvalue weighted by Gasteiger charge is 2.48. The van der Waals surface area contributed by atoms with Gasteiger partial charge in [-0.1, -0.05) is 146 Å². The molecule has 0 N–H and O–H groups in total. The minimum atomic E-state index is -0.154. The van der Waals surface area contributed by atoms with Gasteiger partial charge in [0.1, 0.15) is 11.2 Å². The fourth-order valence-corrected chi connectivity index (χ4v) is 12.5. The van der Waals surface area contributed by atoms with Crippen molar-refractivity contribution in [1.29, 1.82) is 0 Å². The first-order valence-electron chi connectivity index (χ1n) is 22.3. The maximum Gasteiger partial charge on any atom is 0.333 e. The Labute approximate surface area is 362 Å². The van der Waals surface area contributed by atoms with Crippen LogP contribution in [0.3, 0.4) is 0 Å². The molecule has 4 aliphatic rings. The van der Waals surface area contributed by atoms with Gasteiger partial charge < -0.3 is 13.8 Å². The van der Waals surface area contributed by atoms with Crippen molar-refractivity contribution in [1.82, 2.24) is 4.57 Å². The van der Waals surface area contributed by atoms with Crippen LogP contribution in [0.1, 0.15) is 76.3 Å². The van der Waals surface area contributed by atoms with Gasteiger partial charge in [0.05, 0.1) is 11.0 Å². The zero-order valence-electron chi connectivity index (χ0n) is 36.2. The molecule has 2 aromatic heterocycles. The van der Waals surface area contributed by atoms with Gasteiger partial charge in [-0.15, -0.1) is 0 Å². The van der Waals surface area contributed by atoms with Crippen LogP contribution in [0.25, 0.3) is 82.8 Å². The summed E-state index contributed by atoms with van der Waals surface area (Å²) < 4.78 is 9.22. The molecule has 62 heavy (non-hydrogen) atoms. The van der Waals surface area contributed by atoms with Crippen molar-refractivity contribution in [2.45, 2.75) is 64.7 Å². The number of hydrogen-bond acceptors (Lipinski definition) is 2. The molecule has 0 bridgehead atoms. The maximum absolute atomic E-state index is 6.59. The summed E-state index contributed by atoms with van der Waals surface area (Å²) in [6.45, 7) is 16.5. The number of para-hydroxylation sites is 1. The normalized spacial score (nSPS) is 15.9. The zero-order chi connectivity index (χ0) is 41.8. The topological polar surface area (TPSA) is 21.3 Å². The van der Waals surface area contributed by atoms with E-state index >= 15 is 0 Å². The molecule has 0 saturated carbocycles. The number of aromatic nitrogens is 1. The molecule has 4 heteroatoms. The summed E-state index contributed by atoms with van der Waals surface area (Å²) >= 11 is 0. The molecule has 0 spiro atoms. The van der Waals surface area contributed by atoms with E-state index in [1.165, 1.54) is 116 Å². The first-order chi connectivity index (χ1) is 29.9. The quantitative estimate of drug-likeness (QED) is 0.154. The molecule has 0 saturated heterocycles. The second kappa shape index (κ2) is 11.2. The van der Waals surface area contributed by atoms with Crippen LogP contribution in [0.2, 0.25) is 0 Å². The van der Waals surface area contributed by atoms with Crippen LogP contribution in [0.4, 0.5) is 11.4 Å². The van der Waals surface area contributed by atoms with Crippen LogP contribution < -0.4 is 15.7 Å².